The van der Waals surface area contributed by atoms with E-state index in [2.05, 4.69) is 20.8 Å². The van der Waals surface area contributed by atoms with Gasteiger partial charge in [0.25, 0.3) is 0 Å². The number of nitrogens with one attached hydrogen (secondary N) is 1. The summed E-state index contributed by atoms with van der Waals surface area (Å²) in [4.78, 5) is 12.3. The van der Waals surface area contributed by atoms with Crippen molar-refractivity contribution in [3.63, 3.8) is 0 Å². The molecule has 134 valence electrons. The lowest BCUT2D eigenvalue weighted by Gasteiger charge is -2.14. The van der Waals surface area contributed by atoms with Crippen molar-refractivity contribution in [2.24, 2.45) is 0 Å². The summed E-state index contributed by atoms with van der Waals surface area (Å²) in [6, 6.07) is 15.2. The highest BCUT2D eigenvalue weighted by molar-refractivity contribution is 7.99. The molecular formula is C18H18ClN5OS. The van der Waals surface area contributed by atoms with E-state index in [1.807, 2.05) is 56.3 Å². The summed E-state index contributed by atoms with van der Waals surface area (Å²) >= 11 is 7.29. The van der Waals surface area contributed by atoms with E-state index in [1.165, 1.54) is 11.8 Å². The van der Waals surface area contributed by atoms with Crippen LogP contribution in [-0.2, 0) is 4.79 Å². The monoisotopic (exact) mass is 387 g/mol. The molecule has 0 aliphatic carbocycles. The molecule has 0 saturated heterocycles. The Balaban J connectivity index is 1.60. The fourth-order valence-corrected chi connectivity index (χ4v) is 3.29. The van der Waals surface area contributed by atoms with Crippen LogP contribution in [0.2, 0.25) is 5.02 Å². The molecule has 1 atom stereocenters. The number of aromatic nitrogens is 4. The first-order chi connectivity index (χ1) is 12.5. The minimum absolute atomic E-state index is 0.0964. The second-order valence-corrected chi connectivity index (χ2v) is 7.22. The van der Waals surface area contributed by atoms with Crippen LogP contribution in [0.5, 0.6) is 0 Å². The Labute approximate surface area is 160 Å². The van der Waals surface area contributed by atoms with Gasteiger partial charge in [0.05, 0.1) is 17.5 Å². The maximum Gasteiger partial charge on any atom is 0.230 e. The first-order valence-corrected chi connectivity index (χ1v) is 9.42. The van der Waals surface area contributed by atoms with E-state index in [1.54, 1.807) is 10.7 Å². The van der Waals surface area contributed by atoms with Gasteiger partial charge in [0, 0.05) is 5.02 Å². The van der Waals surface area contributed by atoms with E-state index in [4.69, 9.17) is 11.6 Å². The molecule has 2 aromatic carbocycles. The molecule has 0 saturated carbocycles. The van der Waals surface area contributed by atoms with Crippen molar-refractivity contribution in [1.29, 1.82) is 0 Å². The van der Waals surface area contributed by atoms with Crippen molar-refractivity contribution in [2.75, 3.05) is 5.75 Å². The zero-order valence-electron chi connectivity index (χ0n) is 14.4. The maximum absolute atomic E-state index is 12.3. The highest BCUT2D eigenvalue weighted by Crippen LogP contribution is 2.20. The van der Waals surface area contributed by atoms with E-state index in [0.29, 0.717) is 10.2 Å². The fourth-order valence-electron chi connectivity index (χ4n) is 2.39. The molecule has 6 nitrogen and oxygen atoms in total. The zero-order valence-corrected chi connectivity index (χ0v) is 16.0. The third kappa shape index (κ3) is 4.62. The number of thioether (sulfide) groups is 1. The van der Waals surface area contributed by atoms with Gasteiger partial charge < -0.3 is 5.32 Å². The summed E-state index contributed by atoms with van der Waals surface area (Å²) in [5.74, 6) is 0.123. The Hall–Kier alpha value is -2.38. The van der Waals surface area contributed by atoms with Gasteiger partial charge in [-0.2, -0.15) is 4.68 Å². The SMILES string of the molecule is Cc1ccc(-n2nnnc2SCC(=O)NC(C)c2cccc(Cl)c2)cc1. The van der Waals surface area contributed by atoms with E-state index in [9.17, 15) is 4.79 Å². The van der Waals surface area contributed by atoms with Crippen LogP contribution in [0.1, 0.15) is 24.1 Å². The molecule has 1 unspecified atom stereocenters. The second-order valence-electron chi connectivity index (χ2n) is 5.84. The van der Waals surface area contributed by atoms with Crippen molar-refractivity contribution in [3.05, 3.63) is 64.7 Å². The molecule has 1 aromatic heterocycles. The van der Waals surface area contributed by atoms with E-state index >= 15 is 0 Å². The summed E-state index contributed by atoms with van der Waals surface area (Å²) < 4.78 is 1.62. The molecule has 0 spiro atoms. The smallest absolute Gasteiger partial charge is 0.230 e. The number of tetrazole rings is 1. The molecule has 0 radical (unpaired) electrons. The molecule has 3 rings (SSSR count). The van der Waals surface area contributed by atoms with Gasteiger partial charge >= 0.3 is 0 Å². The van der Waals surface area contributed by atoms with Crippen LogP contribution in [0.3, 0.4) is 0 Å². The zero-order chi connectivity index (χ0) is 18.5. The average molecular weight is 388 g/mol. The lowest BCUT2D eigenvalue weighted by atomic mass is 10.1. The van der Waals surface area contributed by atoms with Gasteiger partial charge in [-0.05, 0) is 54.1 Å². The minimum Gasteiger partial charge on any atom is -0.349 e. The third-order valence-electron chi connectivity index (χ3n) is 3.78. The van der Waals surface area contributed by atoms with Gasteiger partial charge in [0.15, 0.2) is 0 Å². The predicted octanol–water partition coefficient (Wildman–Crippen LogP) is 3.59. The standard InChI is InChI=1S/C18H18ClN5OS/c1-12-6-8-16(9-7-12)24-18(21-22-23-24)26-11-17(25)20-13(2)14-4-3-5-15(19)10-14/h3-10,13H,11H2,1-2H3,(H,20,25). The van der Waals surface area contributed by atoms with Gasteiger partial charge in [-0.1, -0.05) is 53.2 Å². The van der Waals surface area contributed by atoms with E-state index in [0.717, 1.165) is 16.8 Å². The number of amides is 1. The van der Waals surface area contributed by atoms with Crippen molar-refractivity contribution >= 4 is 29.3 Å². The number of nitrogens with zero attached hydrogens (tertiary/aromatic N) is 4. The van der Waals surface area contributed by atoms with E-state index < -0.39 is 0 Å². The van der Waals surface area contributed by atoms with Crippen LogP contribution < -0.4 is 5.32 Å². The third-order valence-corrected chi connectivity index (χ3v) is 4.93. The molecule has 3 aromatic rings. The Kier molecular flexibility index (Phi) is 5.90. The molecule has 1 heterocycles. The Morgan fingerprint density at radius 3 is 2.77 bits per heavy atom. The topological polar surface area (TPSA) is 72.7 Å². The number of rotatable bonds is 6. The van der Waals surface area contributed by atoms with Crippen molar-refractivity contribution in [3.8, 4) is 5.69 Å². The van der Waals surface area contributed by atoms with Crippen molar-refractivity contribution in [2.45, 2.75) is 25.0 Å². The summed E-state index contributed by atoms with van der Waals surface area (Å²) in [6.45, 7) is 3.94. The van der Waals surface area contributed by atoms with Gasteiger partial charge in [0.2, 0.25) is 11.1 Å². The van der Waals surface area contributed by atoms with Crippen LogP contribution >= 0.6 is 23.4 Å². The lowest BCUT2D eigenvalue weighted by molar-refractivity contribution is -0.119. The minimum atomic E-state index is -0.130. The normalized spacial score (nSPS) is 12.0. The summed E-state index contributed by atoms with van der Waals surface area (Å²) in [7, 11) is 0. The van der Waals surface area contributed by atoms with Crippen LogP contribution in [0, 0.1) is 6.92 Å². The van der Waals surface area contributed by atoms with Crippen LogP contribution in [0.15, 0.2) is 53.7 Å². The van der Waals surface area contributed by atoms with Crippen LogP contribution in [0.4, 0.5) is 0 Å². The fraction of sp³-hybridized carbons (Fsp3) is 0.222. The molecule has 1 N–H and O–H groups in total. The van der Waals surface area contributed by atoms with Gasteiger partial charge in [-0.3, -0.25) is 4.79 Å². The van der Waals surface area contributed by atoms with Crippen molar-refractivity contribution < 1.29 is 4.79 Å². The Morgan fingerprint density at radius 2 is 2.04 bits per heavy atom. The molecule has 8 heteroatoms. The van der Waals surface area contributed by atoms with Crippen LogP contribution in [0.25, 0.3) is 5.69 Å². The first kappa shape index (κ1) is 18.4. The van der Waals surface area contributed by atoms with Crippen molar-refractivity contribution in [1.82, 2.24) is 25.5 Å². The van der Waals surface area contributed by atoms with Gasteiger partial charge in [0.1, 0.15) is 0 Å². The molecule has 0 bridgehead atoms. The summed E-state index contributed by atoms with van der Waals surface area (Å²) in [5, 5.41) is 15.9. The Bertz CT molecular complexity index is 897. The van der Waals surface area contributed by atoms with Gasteiger partial charge in [-0.15, -0.1) is 5.10 Å². The largest absolute Gasteiger partial charge is 0.349 e. The number of benzene rings is 2. The highest BCUT2D eigenvalue weighted by Gasteiger charge is 2.14. The number of aryl methyl sites for hydroxylation is 1. The molecule has 1 amide bonds. The predicted molar refractivity (Wildman–Crippen MR) is 103 cm³/mol. The number of hydrogen-bond acceptors (Lipinski definition) is 5. The van der Waals surface area contributed by atoms with E-state index in [-0.39, 0.29) is 17.7 Å². The number of hydrogen-bond donors (Lipinski definition) is 1. The molecule has 0 aliphatic heterocycles. The lowest BCUT2D eigenvalue weighted by Crippen LogP contribution is -2.28. The number of halogens is 1. The molecule has 0 aliphatic rings. The first-order valence-electron chi connectivity index (χ1n) is 8.06. The molecule has 26 heavy (non-hydrogen) atoms. The second kappa shape index (κ2) is 8.33. The summed E-state index contributed by atoms with van der Waals surface area (Å²) in [5.41, 5.74) is 2.97. The maximum atomic E-state index is 12.3. The van der Waals surface area contributed by atoms with Gasteiger partial charge in [-0.25, -0.2) is 0 Å². The quantitative estimate of drug-likeness (QED) is 0.654. The molecule has 0 fully saturated rings. The number of carbonyl (C=O) groups excluding carboxylic acids is 1. The Morgan fingerprint density at radius 1 is 1.27 bits per heavy atom. The molecular weight excluding hydrogens is 370 g/mol. The summed E-state index contributed by atoms with van der Waals surface area (Å²) in [6.07, 6.45) is 0. The number of carbonyl (C=O) groups is 1. The van der Waals surface area contributed by atoms with Crippen LogP contribution in [-0.4, -0.2) is 31.9 Å². The highest BCUT2D eigenvalue weighted by atomic mass is 35.5. The average Bonchev–Trinajstić information content (AvgIpc) is 3.09.